The average Bonchev–Trinajstić information content (AvgIpc) is 3.08. The SMILES string of the molecule is COC[C@H](NC(=O)c1cccc2c1OCCO2)[C@H]1CCCO1. The highest BCUT2D eigenvalue weighted by molar-refractivity contribution is 5.98. The summed E-state index contributed by atoms with van der Waals surface area (Å²) in [5.74, 6) is 0.925. The van der Waals surface area contributed by atoms with Crippen molar-refractivity contribution < 1.29 is 23.7 Å². The second kappa shape index (κ2) is 6.98. The molecular weight excluding hydrogens is 286 g/mol. The molecule has 6 heteroatoms. The molecule has 2 aliphatic rings. The molecule has 0 spiro atoms. The van der Waals surface area contributed by atoms with E-state index in [9.17, 15) is 4.79 Å². The quantitative estimate of drug-likeness (QED) is 0.890. The molecule has 0 radical (unpaired) electrons. The third-order valence-corrected chi connectivity index (χ3v) is 3.89. The number of carbonyl (C=O) groups excluding carboxylic acids is 1. The molecule has 0 aromatic heterocycles. The van der Waals surface area contributed by atoms with Crippen molar-refractivity contribution >= 4 is 5.91 Å². The molecule has 1 fully saturated rings. The topological polar surface area (TPSA) is 66.0 Å². The van der Waals surface area contributed by atoms with Crippen molar-refractivity contribution in [3.8, 4) is 11.5 Å². The Balaban J connectivity index is 1.75. The first-order valence-corrected chi connectivity index (χ1v) is 7.59. The van der Waals surface area contributed by atoms with Gasteiger partial charge in [0.25, 0.3) is 5.91 Å². The summed E-state index contributed by atoms with van der Waals surface area (Å²) in [6, 6.07) is 5.17. The largest absolute Gasteiger partial charge is 0.486 e. The van der Waals surface area contributed by atoms with Crippen molar-refractivity contribution in [2.45, 2.75) is 25.0 Å². The number of fused-ring (bicyclic) bond motifs is 1. The van der Waals surface area contributed by atoms with E-state index in [0.717, 1.165) is 19.4 Å². The first-order chi connectivity index (χ1) is 10.8. The number of amides is 1. The number of methoxy groups -OCH3 is 1. The molecule has 22 heavy (non-hydrogen) atoms. The molecule has 1 N–H and O–H groups in total. The van der Waals surface area contributed by atoms with E-state index in [-0.39, 0.29) is 18.1 Å². The van der Waals surface area contributed by atoms with Crippen LogP contribution < -0.4 is 14.8 Å². The van der Waals surface area contributed by atoms with Gasteiger partial charge in [-0.15, -0.1) is 0 Å². The molecule has 1 saturated heterocycles. The molecule has 1 aromatic rings. The van der Waals surface area contributed by atoms with Gasteiger partial charge in [0.2, 0.25) is 0 Å². The van der Waals surface area contributed by atoms with Gasteiger partial charge in [0, 0.05) is 13.7 Å². The summed E-state index contributed by atoms with van der Waals surface area (Å²) in [4.78, 5) is 12.6. The molecule has 1 amide bonds. The van der Waals surface area contributed by atoms with Crippen LogP contribution >= 0.6 is 0 Å². The minimum atomic E-state index is -0.195. The van der Waals surface area contributed by atoms with E-state index in [4.69, 9.17) is 18.9 Å². The Hall–Kier alpha value is -1.79. The van der Waals surface area contributed by atoms with E-state index >= 15 is 0 Å². The van der Waals surface area contributed by atoms with E-state index < -0.39 is 0 Å². The van der Waals surface area contributed by atoms with E-state index in [1.165, 1.54) is 0 Å². The molecule has 0 unspecified atom stereocenters. The molecule has 120 valence electrons. The van der Waals surface area contributed by atoms with Crippen LogP contribution in [0.15, 0.2) is 18.2 Å². The molecule has 2 aliphatic heterocycles. The Morgan fingerprint density at radius 3 is 3.00 bits per heavy atom. The van der Waals surface area contributed by atoms with Gasteiger partial charge in [-0.3, -0.25) is 4.79 Å². The van der Waals surface area contributed by atoms with Crippen molar-refractivity contribution in [2.75, 3.05) is 33.5 Å². The van der Waals surface area contributed by atoms with E-state index in [1.807, 2.05) is 0 Å². The zero-order chi connectivity index (χ0) is 15.4. The predicted octanol–water partition coefficient (Wildman–Crippen LogP) is 1.38. The van der Waals surface area contributed by atoms with Gasteiger partial charge in [0.1, 0.15) is 13.2 Å². The maximum Gasteiger partial charge on any atom is 0.255 e. The minimum Gasteiger partial charge on any atom is -0.486 e. The van der Waals surface area contributed by atoms with Crippen molar-refractivity contribution in [3.05, 3.63) is 23.8 Å². The number of carbonyl (C=O) groups is 1. The molecule has 1 aromatic carbocycles. The second-order valence-corrected chi connectivity index (χ2v) is 5.42. The standard InChI is InChI=1S/C16H21NO5/c1-19-10-12(13-6-3-7-20-13)17-16(18)11-4-2-5-14-15(11)22-9-8-21-14/h2,4-5,12-13H,3,6-10H2,1H3,(H,17,18)/t12-,13+/m0/s1. The lowest BCUT2D eigenvalue weighted by Crippen LogP contribution is -2.46. The first-order valence-electron chi connectivity index (χ1n) is 7.59. The number of nitrogens with one attached hydrogen (secondary N) is 1. The summed E-state index contributed by atoms with van der Waals surface area (Å²) >= 11 is 0. The Kier molecular flexibility index (Phi) is 4.80. The highest BCUT2D eigenvalue weighted by atomic mass is 16.6. The van der Waals surface area contributed by atoms with Gasteiger partial charge in [-0.05, 0) is 25.0 Å². The van der Waals surface area contributed by atoms with Gasteiger partial charge in [0.15, 0.2) is 11.5 Å². The van der Waals surface area contributed by atoms with Gasteiger partial charge in [-0.25, -0.2) is 0 Å². The van der Waals surface area contributed by atoms with Crippen molar-refractivity contribution in [3.63, 3.8) is 0 Å². The molecule has 0 aliphatic carbocycles. The monoisotopic (exact) mass is 307 g/mol. The Morgan fingerprint density at radius 1 is 1.36 bits per heavy atom. The number of ether oxygens (including phenoxy) is 4. The molecule has 2 atom stereocenters. The zero-order valence-corrected chi connectivity index (χ0v) is 12.7. The van der Waals surface area contributed by atoms with Crippen LogP contribution in [-0.4, -0.2) is 51.6 Å². The number of rotatable bonds is 5. The number of hydrogen-bond acceptors (Lipinski definition) is 5. The minimum absolute atomic E-state index is 0.000562. The molecule has 0 saturated carbocycles. The molecule has 0 bridgehead atoms. The molecule has 6 nitrogen and oxygen atoms in total. The Labute approximate surface area is 129 Å². The van der Waals surface area contributed by atoms with Crippen LogP contribution in [0, 0.1) is 0 Å². The van der Waals surface area contributed by atoms with E-state index in [2.05, 4.69) is 5.32 Å². The maximum atomic E-state index is 12.6. The summed E-state index contributed by atoms with van der Waals surface area (Å²) < 4.78 is 22.0. The van der Waals surface area contributed by atoms with Crippen molar-refractivity contribution in [2.24, 2.45) is 0 Å². The highest BCUT2D eigenvalue weighted by Gasteiger charge is 2.29. The lowest BCUT2D eigenvalue weighted by atomic mass is 10.1. The Morgan fingerprint density at radius 2 is 2.23 bits per heavy atom. The highest BCUT2D eigenvalue weighted by Crippen LogP contribution is 2.33. The van der Waals surface area contributed by atoms with Crippen LogP contribution in [0.4, 0.5) is 0 Å². The van der Waals surface area contributed by atoms with Gasteiger partial charge in [-0.2, -0.15) is 0 Å². The van der Waals surface area contributed by atoms with Crippen LogP contribution in [0.3, 0.4) is 0 Å². The van der Waals surface area contributed by atoms with Crippen LogP contribution in [0.25, 0.3) is 0 Å². The average molecular weight is 307 g/mol. The van der Waals surface area contributed by atoms with Crippen LogP contribution in [0.1, 0.15) is 23.2 Å². The summed E-state index contributed by atoms with van der Waals surface area (Å²) in [6.45, 7) is 2.10. The summed E-state index contributed by atoms with van der Waals surface area (Å²) in [5.41, 5.74) is 0.483. The van der Waals surface area contributed by atoms with Crippen molar-refractivity contribution in [1.29, 1.82) is 0 Å². The number of benzene rings is 1. The summed E-state index contributed by atoms with van der Waals surface area (Å²) in [7, 11) is 1.62. The first kappa shape index (κ1) is 15.1. The van der Waals surface area contributed by atoms with Gasteiger partial charge in [0.05, 0.1) is 24.3 Å². The van der Waals surface area contributed by atoms with Gasteiger partial charge >= 0.3 is 0 Å². The predicted molar refractivity (Wildman–Crippen MR) is 79.5 cm³/mol. The van der Waals surface area contributed by atoms with E-state index in [0.29, 0.717) is 36.9 Å². The van der Waals surface area contributed by atoms with Crippen LogP contribution in [-0.2, 0) is 9.47 Å². The van der Waals surface area contributed by atoms with Gasteiger partial charge in [-0.1, -0.05) is 6.07 Å². The summed E-state index contributed by atoms with van der Waals surface area (Å²) in [6.07, 6.45) is 1.94. The second-order valence-electron chi connectivity index (χ2n) is 5.42. The Bertz CT molecular complexity index is 527. The fraction of sp³-hybridized carbons (Fsp3) is 0.562. The van der Waals surface area contributed by atoms with Crippen LogP contribution in [0.2, 0.25) is 0 Å². The lowest BCUT2D eigenvalue weighted by Gasteiger charge is -2.25. The normalized spacial score (nSPS) is 21.4. The van der Waals surface area contributed by atoms with E-state index in [1.54, 1.807) is 25.3 Å². The molecule has 2 heterocycles. The number of para-hydroxylation sites is 1. The molecule has 3 rings (SSSR count). The lowest BCUT2D eigenvalue weighted by molar-refractivity contribution is 0.0401. The number of hydrogen-bond donors (Lipinski definition) is 1. The smallest absolute Gasteiger partial charge is 0.255 e. The van der Waals surface area contributed by atoms with Gasteiger partial charge < -0.3 is 24.3 Å². The fourth-order valence-corrected chi connectivity index (χ4v) is 2.84. The maximum absolute atomic E-state index is 12.6. The molecular formula is C16H21NO5. The third kappa shape index (κ3) is 3.18. The van der Waals surface area contributed by atoms with Crippen molar-refractivity contribution in [1.82, 2.24) is 5.32 Å². The zero-order valence-electron chi connectivity index (χ0n) is 12.7. The fourth-order valence-electron chi connectivity index (χ4n) is 2.84. The third-order valence-electron chi connectivity index (χ3n) is 3.89. The summed E-state index contributed by atoms with van der Waals surface area (Å²) in [5, 5.41) is 3.00. The van der Waals surface area contributed by atoms with Crippen LogP contribution in [0.5, 0.6) is 11.5 Å².